The number of morpholine rings is 1. The minimum absolute atomic E-state index is 0.0793. The first-order valence-electron chi connectivity index (χ1n) is 9.16. The highest BCUT2D eigenvalue weighted by molar-refractivity contribution is 7.71. The maximum Gasteiger partial charge on any atom is 0.321 e. The Labute approximate surface area is 160 Å². The molecular formula is C18H22F2N4O2S. The molecule has 3 heterocycles. The molecule has 146 valence electrons. The minimum Gasteiger partial charge on any atom is -0.378 e. The van der Waals surface area contributed by atoms with E-state index in [0.717, 1.165) is 24.0 Å². The molecule has 27 heavy (non-hydrogen) atoms. The zero-order chi connectivity index (χ0) is 19.0. The Bertz CT molecular complexity index is 891. The number of fused-ring (bicyclic) bond motifs is 1. The van der Waals surface area contributed by atoms with Crippen LogP contribution < -0.4 is 0 Å². The monoisotopic (exact) mass is 396 g/mol. The second kappa shape index (κ2) is 7.65. The van der Waals surface area contributed by atoms with E-state index < -0.39 is 6.55 Å². The predicted octanol–water partition coefficient (Wildman–Crippen LogP) is 2.85. The normalized spacial score (nSPS) is 21.4. The molecule has 0 N–H and O–H groups in total. The number of aromatic nitrogens is 2. The number of imidazole rings is 1. The van der Waals surface area contributed by atoms with Crippen molar-refractivity contribution in [1.82, 2.24) is 18.9 Å². The second-order valence-corrected chi connectivity index (χ2v) is 7.26. The van der Waals surface area contributed by atoms with E-state index in [1.165, 1.54) is 0 Å². The highest BCUT2D eigenvalue weighted by Gasteiger charge is 2.34. The van der Waals surface area contributed by atoms with Crippen LogP contribution in [0.3, 0.4) is 0 Å². The summed E-state index contributed by atoms with van der Waals surface area (Å²) in [6, 6.07) is 6.73. The van der Waals surface area contributed by atoms with Crippen molar-refractivity contribution in [2.24, 2.45) is 0 Å². The van der Waals surface area contributed by atoms with E-state index in [0.29, 0.717) is 44.0 Å². The van der Waals surface area contributed by atoms with Gasteiger partial charge >= 0.3 is 6.55 Å². The van der Waals surface area contributed by atoms with Crippen LogP contribution in [-0.4, -0.2) is 63.7 Å². The lowest BCUT2D eigenvalue weighted by molar-refractivity contribution is -0.140. The molecule has 0 bridgehead atoms. The van der Waals surface area contributed by atoms with Gasteiger partial charge < -0.3 is 14.2 Å². The lowest BCUT2D eigenvalue weighted by Crippen LogP contribution is -2.49. The molecule has 0 spiro atoms. The number of hydrogen-bond acceptors (Lipinski definition) is 4. The van der Waals surface area contributed by atoms with Gasteiger partial charge in [-0.1, -0.05) is 12.1 Å². The van der Waals surface area contributed by atoms with Gasteiger partial charge in [0.2, 0.25) is 5.91 Å². The first kappa shape index (κ1) is 18.5. The van der Waals surface area contributed by atoms with Gasteiger partial charge in [-0.15, -0.1) is 0 Å². The predicted molar refractivity (Wildman–Crippen MR) is 99.1 cm³/mol. The second-order valence-electron chi connectivity index (χ2n) is 6.90. The quantitative estimate of drug-likeness (QED) is 0.746. The zero-order valence-electron chi connectivity index (χ0n) is 14.9. The van der Waals surface area contributed by atoms with Crippen molar-refractivity contribution in [2.75, 3.05) is 32.8 Å². The lowest BCUT2D eigenvalue weighted by atomic mass is 10.2. The van der Waals surface area contributed by atoms with Crippen molar-refractivity contribution in [3.63, 3.8) is 0 Å². The van der Waals surface area contributed by atoms with Crippen molar-refractivity contribution in [1.29, 1.82) is 0 Å². The smallest absolute Gasteiger partial charge is 0.321 e. The van der Waals surface area contributed by atoms with Crippen LogP contribution in [0.1, 0.15) is 19.4 Å². The third kappa shape index (κ3) is 3.39. The molecule has 2 aromatic rings. The molecule has 1 aromatic heterocycles. The van der Waals surface area contributed by atoms with E-state index >= 15 is 0 Å². The summed E-state index contributed by atoms with van der Waals surface area (Å²) in [7, 11) is 0. The molecular weight excluding hydrogens is 374 g/mol. The lowest BCUT2D eigenvalue weighted by Gasteiger charge is -2.32. The third-order valence-corrected chi connectivity index (χ3v) is 5.78. The maximum absolute atomic E-state index is 13.5. The molecule has 2 aliphatic rings. The maximum atomic E-state index is 13.5. The molecule has 1 unspecified atom stereocenters. The summed E-state index contributed by atoms with van der Waals surface area (Å²) in [5, 5.41) is 0. The summed E-state index contributed by atoms with van der Waals surface area (Å²) >= 11 is 5.34. The molecule has 0 saturated carbocycles. The van der Waals surface area contributed by atoms with Crippen LogP contribution in [0.15, 0.2) is 24.3 Å². The molecule has 0 aliphatic carbocycles. The average Bonchev–Trinajstić information content (AvgIpc) is 3.25. The molecule has 4 rings (SSSR count). The van der Waals surface area contributed by atoms with Crippen molar-refractivity contribution < 1.29 is 18.3 Å². The number of carbonyl (C=O) groups is 1. The van der Waals surface area contributed by atoms with Crippen molar-refractivity contribution >= 4 is 29.2 Å². The van der Waals surface area contributed by atoms with Crippen molar-refractivity contribution in [2.45, 2.75) is 32.1 Å². The highest BCUT2D eigenvalue weighted by Crippen LogP contribution is 2.27. The summed E-state index contributed by atoms with van der Waals surface area (Å²) in [6.45, 7) is 0.710. The Morgan fingerprint density at radius 1 is 1.19 bits per heavy atom. The van der Waals surface area contributed by atoms with Crippen molar-refractivity contribution in [3.05, 3.63) is 29.0 Å². The summed E-state index contributed by atoms with van der Waals surface area (Å²) in [5.41, 5.74) is 1.07. The van der Waals surface area contributed by atoms with Gasteiger partial charge in [0.15, 0.2) is 4.77 Å². The van der Waals surface area contributed by atoms with Crippen LogP contribution in [0.5, 0.6) is 0 Å². The number of alkyl halides is 2. The van der Waals surface area contributed by atoms with E-state index in [1.54, 1.807) is 22.8 Å². The number of hydrogen-bond donors (Lipinski definition) is 0. The fourth-order valence-corrected chi connectivity index (χ4v) is 4.34. The van der Waals surface area contributed by atoms with Gasteiger partial charge in [0.1, 0.15) is 0 Å². The van der Waals surface area contributed by atoms with E-state index in [2.05, 4.69) is 4.90 Å². The molecule has 1 aromatic carbocycles. The Hall–Kier alpha value is -1.84. The number of likely N-dealkylation sites (tertiary alicyclic amines) is 1. The first-order valence-corrected chi connectivity index (χ1v) is 9.57. The Morgan fingerprint density at radius 3 is 2.59 bits per heavy atom. The molecule has 2 saturated heterocycles. The summed E-state index contributed by atoms with van der Waals surface area (Å²) in [5.74, 6) is 0.0971. The Balaban J connectivity index is 1.62. The minimum atomic E-state index is -2.70. The van der Waals surface area contributed by atoms with Crippen LogP contribution in [0, 0.1) is 4.77 Å². The van der Waals surface area contributed by atoms with Gasteiger partial charge in [-0.3, -0.25) is 14.3 Å². The Kier molecular flexibility index (Phi) is 5.25. The molecule has 2 fully saturated rings. The number of para-hydroxylation sites is 2. The molecule has 2 aliphatic heterocycles. The van der Waals surface area contributed by atoms with E-state index in [1.807, 2.05) is 11.0 Å². The third-order valence-electron chi connectivity index (χ3n) is 5.36. The van der Waals surface area contributed by atoms with Crippen LogP contribution in [0.4, 0.5) is 8.78 Å². The first-order chi connectivity index (χ1) is 13.1. The number of amides is 1. The number of nitrogens with zero attached hydrogens (tertiary/aromatic N) is 4. The number of benzene rings is 1. The summed E-state index contributed by atoms with van der Waals surface area (Å²) < 4.78 is 35.0. The van der Waals surface area contributed by atoms with Gasteiger partial charge in [-0.25, -0.2) is 0 Å². The van der Waals surface area contributed by atoms with Gasteiger partial charge in [-0.05, 0) is 37.2 Å². The van der Waals surface area contributed by atoms with Crippen LogP contribution in [0.25, 0.3) is 11.0 Å². The van der Waals surface area contributed by atoms with Gasteiger partial charge in [-0.2, -0.15) is 8.78 Å². The van der Waals surface area contributed by atoms with E-state index in [4.69, 9.17) is 17.0 Å². The largest absolute Gasteiger partial charge is 0.378 e. The van der Waals surface area contributed by atoms with Gasteiger partial charge in [0.25, 0.3) is 0 Å². The van der Waals surface area contributed by atoms with Gasteiger partial charge in [0.05, 0.1) is 37.0 Å². The molecule has 6 nitrogen and oxygen atoms in total. The standard InChI is InChI=1S/C18H22F2N4O2S/c19-17(20)24-14-5-2-1-4-13(14)23(18(24)27)12-22-7-3-6-15(22)16(25)21-8-10-26-11-9-21/h1-2,4-5,15,17H,3,6-12H2. The van der Waals surface area contributed by atoms with Crippen LogP contribution in [-0.2, 0) is 16.2 Å². The highest BCUT2D eigenvalue weighted by atomic mass is 32.1. The zero-order valence-corrected chi connectivity index (χ0v) is 15.7. The fraction of sp³-hybridized carbons (Fsp3) is 0.556. The SMILES string of the molecule is O=C(C1CCCN1Cn1c(=S)n(C(F)F)c2ccccc21)N1CCOCC1. The van der Waals surface area contributed by atoms with Gasteiger partial charge in [0, 0.05) is 19.6 Å². The van der Waals surface area contributed by atoms with Crippen LogP contribution >= 0.6 is 12.2 Å². The summed E-state index contributed by atoms with van der Waals surface area (Å²) in [6.07, 6.45) is 1.68. The van der Waals surface area contributed by atoms with Crippen LogP contribution in [0.2, 0.25) is 0 Å². The van der Waals surface area contributed by atoms with E-state index in [-0.39, 0.29) is 16.7 Å². The number of ether oxygens (including phenoxy) is 1. The van der Waals surface area contributed by atoms with E-state index in [9.17, 15) is 13.6 Å². The Morgan fingerprint density at radius 2 is 1.89 bits per heavy atom. The summed E-state index contributed by atoms with van der Waals surface area (Å²) in [4.78, 5) is 16.8. The molecule has 1 amide bonds. The number of carbonyl (C=O) groups excluding carboxylic acids is 1. The average molecular weight is 396 g/mol. The number of halogens is 2. The van der Waals surface area contributed by atoms with Crippen molar-refractivity contribution in [3.8, 4) is 0 Å². The molecule has 1 atom stereocenters. The molecule has 0 radical (unpaired) electrons. The fourth-order valence-electron chi connectivity index (χ4n) is 4.01. The number of rotatable bonds is 4. The molecule has 9 heteroatoms. The topological polar surface area (TPSA) is 42.6 Å².